The summed E-state index contributed by atoms with van der Waals surface area (Å²) in [6.45, 7) is 2.97. The van der Waals surface area contributed by atoms with Crippen LogP contribution in [-0.4, -0.2) is 70.2 Å². The molecule has 0 spiro atoms. The molecule has 0 radical (unpaired) electrons. The Hall–Kier alpha value is -2.40. The van der Waals surface area contributed by atoms with Gasteiger partial charge >= 0.3 is 0 Å². The van der Waals surface area contributed by atoms with E-state index < -0.39 is 27.4 Å². The first-order chi connectivity index (χ1) is 14.2. The fourth-order valence-corrected chi connectivity index (χ4v) is 4.30. The van der Waals surface area contributed by atoms with E-state index in [1.165, 1.54) is 44.9 Å². The van der Waals surface area contributed by atoms with E-state index in [4.69, 9.17) is 4.74 Å². The minimum atomic E-state index is -3.88. The van der Waals surface area contributed by atoms with Crippen LogP contribution < -0.4 is 14.4 Å². The van der Waals surface area contributed by atoms with Gasteiger partial charge in [0.25, 0.3) is 5.69 Å². The number of sulfonamides is 1. The molecule has 2 rings (SSSR count). The number of anilines is 1. The molecular formula is C19H30N4O6S. The van der Waals surface area contributed by atoms with Gasteiger partial charge in [-0.15, -0.1) is 0 Å². The number of amides is 1. The Morgan fingerprint density at radius 3 is 2.50 bits per heavy atom. The van der Waals surface area contributed by atoms with E-state index in [1.807, 2.05) is 0 Å². The fourth-order valence-electron chi connectivity index (χ4n) is 3.44. The number of nitrogens with one attached hydrogen (secondary N) is 1. The van der Waals surface area contributed by atoms with E-state index >= 15 is 0 Å². The summed E-state index contributed by atoms with van der Waals surface area (Å²) in [6, 6.07) is 3.61. The topological polar surface area (TPSA) is 122 Å². The van der Waals surface area contributed by atoms with Crippen molar-refractivity contribution in [1.82, 2.24) is 10.2 Å². The highest BCUT2D eigenvalue weighted by molar-refractivity contribution is 7.92. The van der Waals surface area contributed by atoms with Crippen molar-refractivity contribution >= 4 is 27.3 Å². The van der Waals surface area contributed by atoms with Crippen molar-refractivity contribution in [1.29, 1.82) is 0 Å². The van der Waals surface area contributed by atoms with Gasteiger partial charge in [-0.25, -0.2) is 8.42 Å². The number of carbonyl (C=O) groups is 1. The molecule has 0 aliphatic carbocycles. The lowest BCUT2D eigenvalue weighted by molar-refractivity contribution is -0.384. The first kappa shape index (κ1) is 23.9. The SMILES string of the molecule is COc1ccc([N+](=O)[O-])cc1N(CC(=O)NCCCN1CCCCCC1)S(C)(=O)=O. The highest BCUT2D eigenvalue weighted by Crippen LogP contribution is 2.33. The fraction of sp³-hybridized carbons (Fsp3) is 0.632. The summed E-state index contributed by atoms with van der Waals surface area (Å²) in [5.41, 5.74) is -0.341. The van der Waals surface area contributed by atoms with E-state index in [0.29, 0.717) is 6.54 Å². The van der Waals surface area contributed by atoms with E-state index in [-0.39, 0.29) is 17.1 Å². The molecule has 0 atom stereocenters. The van der Waals surface area contributed by atoms with E-state index in [0.717, 1.165) is 42.7 Å². The Morgan fingerprint density at radius 1 is 1.27 bits per heavy atom. The molecule has 1 saturated heterocycles. The lowest BCUT2D eigenvalue weighted by Crippen LogP contribution is -2.41. The predicted molar refractivity (Wildman–Crippen MR) is 114 cm³/mol. The number of hydrogen-bond acceptors (Lipinski definition) is 7. The Bertz CT molecular complexity index is 837. The van der Waals surface area contributed by atoms with Gasteiger partial charge < -0.3 is 15.0 Å². The zero-order valence-electron chi connectivity index (χ0n) is 17.5. The second-order valence-electron chi connectivity index (χ2n) is 7.34. The number of non-ortho nitro benzene ring substituents is 1. The molecule has 1 N–H and O–H groups in total. The van der Waals surface area contributed by atoms with Crippen molar-refractivity contribution in [2.24, 2.45) is 0 Å². The van der Waals surface area contributed by atoms with Crippen molar-refractivity contribution in [2.45, 2.75) is 32.1 Å². The monoisotopic (exact) mass is 442 g/mol. The molecule has 0 saturated carbocycles. The normalized spacial score (nSPS) is 15.3. The van der Waals surface area contributed by atoms with Gasteiger partial charge in [-0.05, 0) is 45.0 Å². The number of carbonyl (C=O) groups excluding carboxylic acids is 1. The molecule has 1 aliphatic rings. The lowest BCUT2D eigenvalue weighted by Gasteiger charge is -2.24. The quantitative estimate of drug-likeness (QED) is 0.333. The third kappa shape index (κ3) is 7.13. The van der Waals surface area contributed by atoms with Crippen molar-refractivity contribution in [2.75, 3.05) is 50.4 Å². The predicted octanol–water partition coefficient (Wildman–Crippen LogP) is 1.75. The average Bonchev–Trinajstić information content (AvgIpc) is 2.97. The Morgan fingerprint density at radius 2 is 1.93 bits per heavy atom. The highest BCUT2D eigenvalue weighted by Gasteiger charge is 2.26. The first-order valence-corrected chi connectivity index (χ1v) is 11.9. The van der Waals surface area contributed by atoms with Crippen LogP contribution >= 0.6 is 0 Å². The minimum Gasteiger partial charge on any atom is -0.495 e. The summed E-state index contributed by atoms with van der Waals surface area (Å²) in [7, 11) is -2.55. The largest absolute Gasteiger partial charge is 0.495 e. The Labute approximate surface area is 177 Å². The van der Waals surface area contributed by atoms with Crippen molar-refractivity contribution in [3.8, 4) is 5.75 Å². The Kier molecular flexibility index (Phi) is 8.85. The molecular weight excluding hydrogens is 412 g/mol. The van der Waals surface area contributed by atoms with Gasteiger partial charge in [-0.1, -0.05) is 12.8 Å². The van der Waals surface area contributed by atoms with Gasteiger partial charge in [-0.3, -0.25) is 19.2 Å². The number of ether oxygens (including phenoxy) is 1. The van der Waals surface area contributed by atoms with Crippen LogP contribution in [0.5, 0.6) is 5.75 Å². The van der Waals surface area contributed by atoms with Gasteiger partial charge in [0, 0.05) is 18.7 Å². The van der Waals surface area contributed by atoms with E-state index in [1.54, 1.807) is 0 Å². The number of hydrogen-bond donors (Lipinski definition) is 1. The zero-order chi connectivity index (χ0) is 22.1. The van der Waals surface area contributed by atoms with Crippen LogP contribution in [0.15, 0.2) is 18.2 Å². The van der Waals surface area contributed by atoms with Crippen molar-refractivity contribution < 1.29 is 22.9 Å². The third-order valence-corrected chi connectivity index (χ3v) is 6.13. The number of rotatable bonds is 10. The molecule has 11 heteroatoms. The third-order valence-electron chi connectivity index (χ3n) is 5.00. The summed E-state index contributed by atoms with van der Waals surface area (Å²) in [6.07, 6.45) is 6.62. The van der Waals surface area contributed by atoms with Crippen LogP contribution in [0.3, 0.4) is 0 Å². The van der Waals surface area contributed by atoms with Crippen LogP contribution in [0.25, 0.3) is 0 Å². The van der Waals surface area contributed by atoms with Crippen LogP contribution in [0.1, 0.15) is 32.1 Å². The maximum atomic E-state index is 12.4. The molecule has 1 aliphatic heterocycles. The zero-order valence-corrected chi connectivity index (χ0v) is 18.3. The standard InChI is InChI=1S/C19H30N4O6S/c1-29-18-9-8-16(23(25)26)14-17(18)22(30(2,27)28)15-19(24)20-10-7-13-21-11-5-3-4-6-12-21/h8-9,14H,3-7,10-13,15H2,1-2H3,(H,20,24). The van der Waals surface area contributed by atoms with Gasteiger partial charge in [0.1, 0.15) is 18.0 Å². The van der Waals surface area contributed by atoms with Gasteiger partial charge in [-0.2, -0.15) is 0 Å². The number of likely N-dealkylation sites (tertiary alicyclic amines) is 1. The molecule has 1 aromatic rings. The van der Waals surface area contributed by atoms with Crippen molar-refractivity contribution in [3.05, 3.63) is 28.3 Å². The van der Waals surface area contributed by atoms with Crippen molar-refractivity contribution in [3.63, 3.8) is 0 Å². The molecule has 1 heterocycles. The smallest absolute Gasteiger partial charge is 0.271 e. The second kappa shape index (κ2) is 11.1. The van der Waals surface area contributed by atoms with Gasteiger partial charge in [0.15, 0.2) is 0 Å². The van der Waals surface area contributed by atoms with Crippen LogP contribution in [0.4, 0.5) is 11.4 Å². The minimum absolute atomic E-state index is 0.0473. The molecule has 1 fully saturated rings. The van der Waals surface area contributed by atoms with Crippen LogP contribution in [-0.2, 0) is 14.8 Å². The van der Waals surface area contributed by atoms with E-state index in [2.05, 4.69) is 10.2 Å². The summed E-state index contributed by atoms with van der Waals surface area (Å²) >= 11 is 0. The lowest BCUT2D eigenvalue weighted by atomic mass is 10.2. The maximum absolute atomic E-state index is 12.4. The molecule has 30 heavy (non-hydrogen) atoms. The number of benzene rings is 1. The van der Waals surface area contributed by atoms with Gasteiger partial charge in [0.05, 0.1) is 18.3 Å². The van der Waals surface area contributed by atoms with Gasteiger partial charge in [0.2, 0.25) is 15.9 Å². The number of nitrogens with zero attached hydrogens (tertiary/aromatic N) is 3. The molecule has 1 amide bonds. The number of nitro groups is 1. The van der Waals surface area contributed by atoms with Crippen LogP contribution in [0.2, 0.25) is 0 Å². The second-order valence-corrected chi connectivity index (χ2v) is 9.25. The molecule has 0 aromatic heterocycles. The highest BCUT2D eigenvalue weighted by atomic mass is 32.2. The molecule has 0 unspecified atom stereocenters. The maximum Gasteiger partial charge on any atom is 0.271 e. The molecule has 168 valence electrons. The summed E-state index contributed by atoms with van der Waals surface area (Å²) in [5, 5.41) is 13.8. The summed E-state index contributed by atoms with van der Waals surface area (Å²) in [4.78, 5) is 25.2. The average molecular weight is 443 g/mol. The Balaban J connectivity index is 2.00. The molecule has 10 nitrogen and oxygen atoms in total. The number of methoxy groups -OCH3 is 1. The number of nitro benzene ring substituents is 1. The molecule has 1 aromatic carbocycles. The summed E-state index contributed by atoms with van der Waals surface area (Å²) < 4.78 is 30.6. The molecule has 0 bridgehead atoms. The van der Waals surface area contributed by atoms with E-state index in [9.17, 15) is 23.3 Å². The first-order valence-electron chi connectivity index (χ1n) is 10.0. The summed E-state index contributed by atoms with van der Waals surface area (Å²) in [5.74, 6) is -0.357. The van der Waals surface area contributed by atoms with Crippen LogP contribution in [0, 0.1) is 10.1 Å².